The van der Waals surface area contributed by atoms with Crippen molar-refractivity contribution in [3.63, 3.8) is 0 Å². The van der Waals surface area contributed by atoms with Crippen LogP contribution in [0, 0.1) is 0 Å². The van der Waals surface area contributed by atoms with Gasteiger partial charge in [-0.2, -0.15) is 0 Å². The molecule has 132 valence electrons. The van der Waals surface area contributed by atoms with E-state index in [1.54, 1.807) is 24.3 Å². The van der Waals surface area contributed by atoms with E-state index in [-0.39, 0.29) is 5.82 Å². The number of nitrogens with one attached hydrogen (secondary N) is 1. The predicted molar refractivity (Wildman–Crippen MR) is 94.1 cm³/mol. The van der Waals surface area contributed by atoms with Gasteiger partial charge in [0.05, 0.1) is 14.2 Å². The highest BCUT2D eigenvalue weighted by Gasteiger charge is 2.08. The van der Waals surface area contributed by atoms with Crippen LogP contribution in [0.1, 0.15) is 5.56 Å². The van der Waals surface area contributed by atoms with Crippen LogP contribution >= 0.6 is 0 Å². The van der Waals surface area contributed by atoms with Crippen molar-refractivity contribution < 1.29 is 14.3 Å². The topological polar surface area (TPSA) is 91.6 Å². The summed E-state index contributed by atoms with van der Waals surface area (Å²) in [7, 11) is 5.90. The van der Waals surface area contributed by atoms with Gasteiger partial charge in [-0.05, 0) is 23.8 Å². The minimum atomic E-state index is -0.522. The molecule has 1 N–H and O–H groups in total. The fourth-order valence-electron chi connectivity index (χ4n) is 2.15. The molecule has 1 aromatic carbocycles. The van der Waals surface area contributed by atoms with Crippen LogP contribution < -0.4 is 26.0 Å². The zero-order chi connectivity index (χ0) is 18.6. The van der Waals surface area contributed by atoms with E-state index in [4.69, 9.17) is 9.47 Å². The molecule has 0 bridgehead atoms. The summed E-state index contributed by atoms with van der Waals surface area (Å²) >= 11 is 0. The van der Waals surface area contributed by atoms with Crippen LogP contribution in [0.2, 0.25) is 0 Å². The summed E-state index contributed by atoms with van der Waals surface area (Å²) in [4.78, 5) is 35.5. The lowest BCUT2D eigenvalue weighted by molar-refractivity contribution is -0.111. The van der Waals surface area contributed by atoms with Crippen LogP contribution in [0.15, 0.2) is 39.9 Å². The Bertz CT molecular complexity index is 940. The molecule has 8 nitrogen and oxygen atoms in total. The third-order valence-corrected chi connectivity index (χ3v) is 3.61. The lowest BCUT2D eigenvalue weighted by Gasteiger charge is -2.09. The number of carbonyl (C=O) groups excluding carboxylic acids is 1. The number of aromatic nitrogens is 2. The van der Waals surface area contributed by atoms with Gasteiger partial charge in [0.2, 0.25) is 5.91 Å². The minimum Gasteiger partial charge on any atom is -0.493 e. The quantitative estimate of drug-likeness (QED) is 0.808. The molecule has 1 heterocycles. The predicted octanol–water partition coefficient (Wildman–Crippen LogP) is 0.753. The Balaban J connectivity index is 2.20. The normalized spacial score (nSPS) is 10.7. The third kappa shape index (κ3) is 3.97. The molecule has 8 heteroatoms. The van der Waals surface area contributed by atoms with E-state index in [9.17, 15) is 14.4 Å². The van der Waals surface area contributed by atoms with Gasteiger partial charge < -0.3 is 14.8 Å². The largest absolute Gasteiger partial charge is 0.493 e. The van der Waals surface area contributed by atoms with E-state index in [0.29, 0.717) is 11.5 Å². The van der Waals surface area contributed by atoms with E-state index in [0.717, 1.165) is 10.1 Å². The van der Waals surface area contributed by atoms with Crippen molar-refractivity contribution in [1.29, 1.82) is 0 Å². The molecular weight excluding hydrogens is 326 g/mol. The fraction of sp³-hybridized carbons (Fsp3) is 0.235. The van der Waals surface area contributed by atoms with Crippen molar-refractivity contribution in [2.45, 2.75) is 0 Å². The summed E-state index contributed by atoms with van der Waals surface area (Å²) in [6.45, 7) is 0. The Morgan fingerprint density at radius 3 is 2.36 bits per heavy atom. The first-order valence-corrected chi connectivity index (χ1v) is 7.35. The van der Waals surface area contributed by atoms with Gasteiger partial charge in [-0.15, -0.1) is 0 Å². The van der Waals surface area contributed by atoms with Crippen LogP contribution in [0.25, 0.3) is 6.08 Å². The molecule has 1 amide bonds. The van der Waals surface area contributed by atoms with Gasteiger partial charge in [-0.3, -0.25) is 18.7 Å². The monoisotopic (exact) mass is 345 g/mol. The van der Waals surface area contributed by atoms with E-state index in [2.05, 4.69) is 5.32 Å². The van der Waals surface area contributed by atoms with Crippen LogP contribution in [0.5, 0.6) is 11.5 Å². The molecule has 0 radical (unpaired) electrons. The summed E-state index contributed by atoms with van der Waals surface area (Å²) in [5, 5.41) is 2.51. The van der Waals surface area contributed by atoms with Gasteiger partial charge >= 0.3 is 5.69 Å². The zero-order valence-electron chi connectivity index (χ0n) is 14.4. The molecule has 0 aliphatic heterocycles. The Morgan fingerprint density at radius 1 is 1.04 bits per heavy atom. The lowest BCUT2D eigenvalue weighted by Crippen LogP contribution is -2.37. The highest BCUT2D eigenvalue weighted by atomic mass is 16.5. The average Bonchev–Trinajstić information content (AvgIpc) is 2.62. The number of amides is 1. The SMILES string of the molecule is COc1ccc(/C=C\C(=O)Nc2cc(=O)n(C)c(=O)n2C)cc1OC. The van der Waals surface area contributed by atoms with Crippen molar-refractivity contribution in [1.82, 2.24) is 9.13 Å². The number of methoxy groups -OCH3 is 2. The summed E-state index contributed by atoms with van der Waals surface area (Å²) in [6.07, 6.45) is 2.87. The molecule has 2 rings (SSSR count). The van der Waals surface area contributed by atoms with Gasteiger partial charge in [0.15, 0.2) is 11.5 Å². The number of rotatable bonds is 5. The van der Waals surface area contributed by atoms with Crippen LogP contribution in [-0.2, 0) is 18.9 Å². The molecule has 0 saturated carbocycles. The van der Waals surface area contributed by atoms with E-state index >= 15 is 0 Å². The van der Waals surface area contributed by atoms with Crippen molar-refractivity contribution in [2.24, 2.45) is 14.1 Å². The zero-order valence-corrected chi connectivity index (χ0v) is 14.4. The van der Waals surface area contributed by atoms with Crippen molar-refractivity contribution in [3.05, 3.63) is 56.7 Å². The first-order valence-electron chi connectivity index (χ1n) is 7.35. The van der Waals surface area contributed by atoms with Gasteiger partial charge in [0.25, 0.3) is 5.56 Å². The number of nitrogens with zero attached hydrogens (tertiary/aromatic N) is 2. The number of anilines is 1. The van der Waals surface area contributed by atoms with Gasteiger partial charge in [0, 0.05) is 26.2 Å². The highest BCUT2D eigenvalue weighted by Crippen LogP contribution is 2.27. The highest BCUT2D eigenvalue weighted by molar-refractivity contribution is 6.01. The molecule has 0 unspecified atom stereocenters. The van der Waals surface area contributed by atoms with Crippen LogP contribution in [-0.4, -0.2) is 29.3 Å². The lowest BCUT2D eigenvalue weighted by atomic mass is 10.2. The summed E-state index contributed by atoms with van der Waals surface area (Å²) in [6, 6.07) is 6.39. The van der Waals surface area contributed by atoms with Gasteiger partial charge in [0.1, 0.15) is 5.82 Å². The Kier molecular flexibility index (Phi) is 5.43. The Labute approximate surface area is 143 Å². The molecule has 0 aliphatic rings. The Hall–Kier alpha value is -3.29. The number of hydrogen-bond acceptors (Lipinski definition) is 5. The summed E-state index contributed by atoms with van der Waals surface area (Å²) in [5.74, 6) is 0.770. The average molecular weight is 345 g/mol. The maximum Gasteiger partial charge on any atom is 0.332 e. The minimum absolute atomic E-state index is 0.120. The van der Waals surface area contributed by atoms with Crippen LogP contribution in [0.3, 0.4) is 0 Å². The molecule has 0 spiro atoms. The van der Waals surface area contributed by atoms with Crippen molar-refractivity contribution >= 4 is 17.8 Å². The maximum atomic E-state index is 12.0. The molecule has 0 atom stereocenters. The number of carbonyl (C=O) groups is 1. The Morgan fingerprint density at radius 2 is 1.72 bits per heavy atom. The number of ether oxygens (including phenoxy) is 2. The molecule has 0 fully saturated rings. The molecule has 0 aliphatic carbocycles. The molecule has 0 saturated heterocycles. The van der Waals surface area contributed by atoms with Gasteiger partial charge in [-0.1, -0.05) is 6.07 Å². The van der Waals surface area contributed by atoms with E-state index in [1.165, 1.54) is 45.0 Å². The van der Waals surface area contributed by atoms with Crippen molar-refractivity contribution in [2.75, 3.05) is 19.5 Å². The maximum absolute atomic E-state index is 12.0. The van der Waals surface area contributed by atoms with Crippen molar-refractivity contribution in [3.8, 4) is 11.5 Å². The molecule has 25 heavy (non-hydrogen) atoms. The second-order valence-electron chi connectivity index (χ2n) is 5.21. The summed E-state index contributed by atoms with van der Waals surface area (Å²) in [5.41, 5.74) is -0.292. The first kappa shape index (κ1) is 18.1. The molecular formula is C17H19N3O5. The standard InChI is InChI=1S/C17H19N3O5/c1-19-14(10-16(22)20(2)17(19)23)18-15(21)8-6-11-5-7-12(24-3)13(9-11)25-4/h5-10H,1-4H3,(H,18,21)/b8-6-. The number of hydrogen-bond donors (Lipinski definition) is 1. The fourth-order valence-corrected chi connectivity index (χ4v) is 2.15. The van der Waals surface area contributed by atoms with E-state index in [1.807, 2.05) is 0 Å². The first-order chi connectivity index (χ1) is 11.9. The second-order valence-corrected chi connectivity index (χ2v) is 5.21. The smallest absolute Gasteiger partial charge is 0.332 e. The third-order valence-electron chi connectivity index (χ3n) is 3.61. The van der Waals surface area contributed by atoms with E-state index < -0.39 is 17.2 Å². The summed E-state index contributed by atoms with van der Waals surface area (Å²) < 4.78 is 12.5. The molecule has 2 aromatic rings. The molecule has 1 aromatic heterocycles. The number of benzene rings is 1. The van der Waals surface area contributed by atoms with Crippen LogP contribution in [0.4, 0.5) is 5.82 Å². The van der Waals surface area contributed by atoms with Gasteiger partial charge in [-0.25, -0.2) is 4.79 Å². The second kappa shape index (κ2) is 7.52.